The van der Waals surface area contributed by atoms with Crippen molar-refractivity contribution in [3.8, 4) is 0 Å². The number of halogens is 3. The lowest BCUT2D eigenvalue weighted by molar-refractivity contribution is -0.206. The molecule has 164 valence electrons. The van der Waals surface area contributed by atoms with E-state index in [0.717, 1.165) is 18.8 Å². The Morgan fingerprint density at radius 3 is 2.17 bits per heavy atom. The second-order valence-corrected chi connectivity index (χ2v) is 8.41. The molecule has 5 heteroatoms. The molecule has 1 saturated carbocycles. The SMILES string of the molecule is CCCCCC1CCC(c2ccc(C(=O)OC(CCCC)C(F)(F)F)cc2)CC1. The molecular formula is C24H35F3O2. The van der Waals surface area contributed by atoms with Gasteiger partial charge in [-0.1, -0.05) is 58.1 Å². The first-order valence-corrected chi connectivity index (χ1v) is 11.2. The van der Waals surface area contributed by atoms with E-state index in [1.165, 1.54) is 44.1 Å². The third-order valence-corrected chi connectivity index (χ3v) is 6.11. The summed E-state index contributed by atoms with van der Waals surface area (Å²) in [7, 11) is 0. The zero-order valence-corrected chi connectivity index (χ0v) is 17.8. The number of alkyl halides is 3. The minimum atomic E-state index is -4.53. The Balaban J connectivity index is 1.88. The van der Waals surface area contributed by atoms with Crippen LogP contribution in [0.15, 0.2) is 24.3 Å². The van der Waals surface area contributed by atoms with Crippen molar-refractivity contribution in [1.29, 1.82) is 0 Å². The van der Waals surface area contributed by atoms with Gasteiger partial charge in [-0.2, -0.15) is 13.2 Å². The van der Waals surface area contributed by atoms with Crippen LogP contribution in [0.4, 0.5) is 13.2 Å². The van der Waals surface area contributed by atoms with Gasteiger partial charge in [-0.3, -0.25) is 0 Å². The Bertz CT molecular complexity index is 602. The maximum atomic E-state index is 13.1. The topological polar surface area (TPSA) is 26.3 Å². The van der Waals surface area contributed by atoms with Crippen LogP contribution in [0.3, 0.4) is 0 Å². The summed E-state index contributed by atoms with van der Waals surface area (Å²) >= 11 is 0. The van der Waals surface area contributed by atoms with E-state index in [1.807, 2.05) is 19.1 Å². The number of ether oxygens (including phenoxy) is 1. The molecule has 2 nitrogen and oxygen atoms in total. The van der Waals surface area contributed by atoms with E-state index in [-0.39, 0.29) is 12.0 Å². The van der Waals surface area contributed by atoms with Gasteiger partial charge in [-0.25, -0.2) is 4.79 Å². The van der Waals surface area contributed by atoms with Gasteiger partial charge in [0.25, 0.3) is 0 Å². The van der Waals surface area contributed by atoms with E-state index >= 15 is 0 Å². The zero-order valence-electron chi connectivity index (χ0n) is 17.8. The molecule has 1 unspecified atom stereocenters. The number of hydrogen-bond donors (Lipinski definition) is 0. The highest BCUT2D eigenvalue weighted by molar-refractivity contribution is 5.89. The predicted molar refractivity (Wildman–Crippen MR) is 110 cm³/mol. The predicted octanol–water partition coefficient (Wildman–Crippen LogP) is 7.82. The number of rotatable bonds is 10. The molecule has 1 atom stereocenters. The molecule has 1 aliphatic rings. The van der Waals surface area contributed by atoms with Crippen molar-refractivity contribution in [1.82, 2.24) is 0 Å². The molecule has 1 aromatic rings. The highest BCUT2D eigenvalue weighted by Crippen LogP contribution is 2.38. The third-order valence-electron chi connectivity index (χ3n) is 6.11. The minimum absolute atomic E-state index is 0.188. The summed E-state index contributed by atoms with van der Waals surface area (Å²) in [6, 6.07) is 6.98. The number of benzene rings is 1. The molecule has 1 aliphatic carbocycles. The summed E-state index contributed by atoms with van der Waals surface area (Å²) in [4.78, 5) is 12.2. The average Bonchev–Trinajstić information content (AvgIpc) is 2.71. The van der Waals surface area contributed by atoms with Gasteiger partial charge in [-0.05, 0) is 68.1 Å². The fourth-order valence-corrected chi connectivity index (χ4v) is 4.24. The summed E-state index contributed by atoms with van der Waals surface area (Å²) in [5, 5.41) is 0. The van der Waals surface area contributed by atoms with Crippen molar-refractivity contribution < 1.29 is 22.7 Å². The number of hydrogen-bond acceptors (Lipinski definition) is 2. The van der Waals surface area contributed by atoms with Crippen molar-refractivity contribution in [2.45, 2.75) is 103 Å². The number of carbonyl (C=O) groups excluding carboxylic acids is 1. The molecule has 2 rings (SSSR count). The Hall–Kier alpha value is -1.52. The van der Waals surface area contributed by atoms with Crippen LogP contribution in [-0.4, -0.2) is 18.2 Å². The second-order valence-electron chi connectivity index (χ2n) is 8.41. The first-order valence-electron chi connectivity index (χ1n) is 11.2. The summed E-state index contributed by atoms with van der Waals surface area (Å²) in [6.45, 7) is 4.04. The second kappa shape index (κ2) is 11.6. The van der Waals surface area contributed by atoms with Crippen molar-refractivity contribution >= 4 is 5.97 Å². The molecule has 0 N–H and O–H groups in total. The quantitative estimate of drug-likeness (QED) is 0.289. The molecule has 0 radical (unpaired) electrons. The van der Waals surface area contributed by atoms with Crippen molar-refractivity contribution in [3.05, 3.63) is 35.4 Å². The molecule has 0 spiro atoms. The van der Waals surface area contributed by atoms with Crippen LogP contribution in [0.25, 0.3) is 0 Å². The largest absolute Gasteiger partial charge is 0.449 e. The summed E-state index contributed by atoms with van der Waals surface area (Å²) in [5.74, 6) is 0.416. The minimum Gasteiger partial charge on any atom is -0.449 e. The molecular weight excluding hydrogens is 377 g/mol. The Kier molecular flexibility index (Phi) is 9.51. The van der Waals surface area contributed by atoms with Gasteiger partial charge in [0.1, 0.15) is 0 Å². The smallest absolute Gasteiger partial charge is 0.425 e. The van der Waals surface area contributed by atoms with Gasteiger partial charge in [0, 0.05) is 0 Å². The van der Waals surface area contributed by atoms with E-state index in [0.29, 0.717) is 18.8 Å². The van der Waals surface area contributed by atoms with Crippen LogP contribution < -0.4 is 0 Å². The normalized spacial score (nSPS) is 21.0. The lowest BCUT2D eigenvalue weighted by atomic mass is 9.77. The molecule has 29 heavy (non-hydrogen) atoms. The molecule has 0 heterocycles. The lowest BCUT2D eigenvalue weighted by Gasteiger charge is -2.29. The van der Waals surface area contributed by atoms with Crippen LogP contribution in [0.1, 0.15) is 106 Å². The summed E-state index contributed by atoms with van der Waals surface area (Å²) < 4.78 is 44.0. The monoisotopic (exact) mass is 412 g/mol. The third kappa shape index (κ3) is 7.67. The standard InChI is InChI=1S/C24H35F3O2/c1-3-5-7-8-18-10-12-19(13-11-18)20-14-16-21(17-15-20)23(28)29-22(9-6-4-2)24(25,26)27/h14-19,22H,3-13H2,1-2H3. The molecule has 0 aliphatic heterocycles. The number of carbonyl (C=O) groups is 1. The first kappa shape index (κ1) is 23.8. The van der Waals surface area contributed by atoms with Crippen molar-refractivity contribution in [2.24, 2.45) is 5.92 Å². The molecule has 1 aromatic carbocycles. The van der Waals surface area contributed by atoms with Crippen LogP contribution in [-0.2, 0) is 4.74 Å². The lowest BCUT2D eigenvalue weighted by Crippen LogP contribution is -2.33. The maximum Gasteiger partial charge on any atom is 0.425 e. The fraction of sp³-hybridized carbons (Fsp3) is 0.708. The van der Waals surface area contributed by atoms with E-state index in [1.54, 1.807) is 12.1 Å². The van der Waals surface area contributed by atoms with Gasteiger partial charge in [0.2, 0.25) is 0 Å². The van der Waals surface area contributed by atoms with Crippen LogP contribution in [0, 0.1) is 5.92 Å². The highest BCUT2D eigenvalue weighted by atomic mass is 19.4. The Morgan fingerprint density at radius 2 is 1.62 bits per heavy atom. The number of esters is 1. The summed E-state index contributed by atoms with van der Waals surface area (Å²) in [6.07, 6.45) is 4.23. The van der Waals surface area contributed by atoms with Crippen molar-refractivity contribution in [3.63, 3.8) is 0 Å². The van der Waals surface area contributed by atoms with Gasteiger partial charge in [0.05, 0.1) is 5.56 Å². The Labute approximate surface area is 173 Å². The van der Waals surface area contributed by atoms with Crippen LogP contribution in [0.2, 0.25) is 0 Å². The fourth-order valence-electron chi connectivity index (χ4n) is 4.24. The molecule has 0 amide bonds. The molecule has 0 aromatic heterocycles. The molecule has 1 fully saturated rings. The Morgan fingerprint density at radius 1 is 1.00 bits per heavy atom. The van der Waals surface area contributed by atoms with Gasteiger partial charge in [0.15, 0.2) is 6.10 Å². The van der Waals surface area contributed by atoms with E-state index in [2.05, 4.69) is 6.92 Å². The highest BCUT2D eigenvalue weighted by Gasteiger charge is 2.42. The van der Waals surface area contributed by atoms with E-state index in [9.17, 15) is 18.0 Å². The summed E-state index contributed by atoms with van der Waals surface area (Å²) in [5.41, 5.74) is 1.36. The van der Waals surface area contributed by atoms with Gasteiger partial charge < -0.3 is 4.74 Å². The molecule has 0 saturated heterocycles. The van der Waals surface area contributed by atoms with Gasteiger partial charge in [-0.15, -0.1) is 0 Å². The first-order chi connectivity index (χ1) is 13.8. The van der Waals surface area contributed by atoms with Gasteiger partial charge >= 0.3 is 12.1 Å². The van der Waals surface area contributed by atoms with E-state index in [4.69, 9.17) is 4.74 Å². The maximum absolute atomic E-state index is 13.1. The zero-order chi connectivity index (χ0) is 21.3. The van der Waals surface area contributed by atoms with Crippen LogP contribution >= 0.6 is 0 Å². The molecule has 0 bridgehead atoms. The van der Waals surface area contributed by atoms with Crippen LogP contribution in [0.5, 0.6) is 0 Å². The average molecular weight is 413 g/mol. The van der Waals surface area contributed by atoms with E-state index < -0.39 is 18.2 Å². The van der Waals surface area contributed by atoms with Crippen molar-refractivity contribution in [2.75, 3.05) is 0 Å². The number of unbranched alkanes of at least 4 members (excludes halogenated alkanes) is 3.